The normalized spacial score (nSPS) is 29.7. The van der Waals surface area contributed by atoms with E-state index in [4.69, 9.17) is 28.4 Å². The van der Waals surface area contributed by atoms with Crippen LogP contribution < -0.4 is 5.32 Å². The highest BCUT2D eigenvalue weighted by Gasteiger charge is 2.53. The van der Waals surface area contributed by atoms with Crippen LogP contribution in [0.15, 0.2) is 109 Å². The molecule has 0 saturated carbocycles. The van der Waals surface area contributed by atoms with Crippen molar-refractivity contribution in [2.75, 3.05) is 26.4 Å². The zero-order chi connectivity index (χ0) is 61.9. The molecule has 0 radical (unpaired) electrons. The topological polar surface area (TPSA) is 307 Å². The van der Waals surface area contributed by atoms with Crippen molar-refractivity contribution in [2.24, 2.45) is 0 Å². The van der Waals surface area contributed by atoms with Gasteiger partial charge < -0.3 is 89.9 Å². The number of ether oxygens (including phenoxy) is 6. The van der Waals surface area contributed by atoms with Crippen LogP contribution >= 0.6 is 0 Å². The maximum atomic E-state index is 13.3. The Morgan fingerprint density at radius 3 is 1.32 bits per heavy atom. The molecule has 3 aliphatic rings. The molecule has 17 unspecified atom stereocenters. The van der Waals surface area contributed by atoms with Gasteiger partial charge in [-0.15, -0.1) is 0 Å². The Hall–Kier alpha value is -3.55. The number of aliphatic hydroxyl groups excluding tert-OH is 11. The van der Waals surface area contributed by atoms with E-state index >= 15 is 0 Å². The smallest absolute Gasteiger partial charge is 0.220 e. The van der Waals surface area contributed by atoms with Gasteiger partial charge in [0, 0.05) is 6.42 Å². The largest absolute Gasteiger partial charge is 0.394 e. The Morgan fingerprint density at radius 1 is 0.447 bits per heavy atom. The van der Waals surface area contributed by atoms with Crippen molar-refractivity contribution >= 4 is 5.91 Å². The number of allylic oxidation sites excluding steroid dienone is 17. The zero-order valence-corrected chi connectivity index (χ0v) is 50.8. The number of unbranched alkanes of at least 4 members (excludes halogenated alkanes) is 14. The quantitative estimate of drug-likeness (QED) is 0.0223. The Balaban J connectivity index is 1.37. The molecule has 19 nitrogen and oxygen atoms in total. The second-order valence-electron chi connectivity index (χ2n) is 22.1. The molecular weight excluding hydrogens is 1090 g/mol. The van der Waals surface area contributed by atoms with Crippen LogP contribution in [0.25, 0.3) is 0 Å². The SMILES string of the molecule is C/C=C/CC/C=C/CC/C=C/C(O)C(COC1OC(CO)C(OC2OC(CO)C(OC3OC(CO)C(O)C(O)C3O)C(O)C2O)C(O)C1O)NC(=O)CCCCCCCCCCCCCC/C=C\C/C=C\C/C=C\C/C=C\C/C=C\C/C=C\CC. The van der Waals surface area contributed by atoms with Gasteiger partial charge in [-0.1, -0.05) is 181 Å². The summed E-state index contributed by atoms with van der Waals surface area (Å²) >= 11 is 0. The first-order valence-electron chi connectivity index (χ1n) is 31.6. The highest BCUT2D eigenvalue weighted by molar-refractivity contribution is 5.76. The number of carbonyl (C=O) groups excluding carboxylic acids is 1. The summed E-state index contributed by atoms with van der Waals surface area (Å²) in [5.41, 5.74) is 0. The summed E-state index contributed by atoms with van der Waals surface area (Å²) in [6, 6.07) is -1.00. The van der Waals surface area contributed by atoms with Gasteiger partial charge in [-0.05, 0) is 90.4 Å². The van der Waals surface area contributed by atoms with E-state index in [0.29, 0.717) is 12.8 Å². The maximum absolute atomic E-state index is 13.3. The summed E-state index contributed by atoms with van der Waals surface area (Å²) in [4.78, 5) is 13.3. The van der Waals surface area contributed by atoms with Crippen molar-refractivity contribution in [1.82, 2.24) is 5.32 Å². The van der Waals surface area contributed by atoms with Gasteiger partial charge in [0.2, 0.25) is 5.91 Å². The van der Waals surface area contributed by atoms with E-state index in [1.165, 1.54) is 44.9 Å². The molecule has 12 N–H and O–H groups in total. The summed E-state index contributed by atoms with van der Waals surface area (Å²) in [5, 5.41) is 120. The van der Waals surface area contributed by atoms with Crippen molar-refractivity contribution < 1.29 is 89.4 Å². The molecule has 0 aromatic rings. The Morgan fingerprint density at radius 2 is 0.835 bits per heavy atom. The van der Waals surface area contributed by atoms with Crippen molar-refractivity contribution in [3.8, 4) is 0 Å². The minimum absolute atomic E-state index is 0.222. The Kier molecular flexibility index (Phi) is 42.3. The van der Waals surface area contributed by atoms with Crippen LogP contribution in [0.5, 0.6) is 0 Å². The molecule has 1 amide bonds. The van der Waals surface area contributed by atoms with Crippen molar-refractivity contribution in [3.05, 3.63) is 109 Å². The first-order chi connectivity index (χ1) is 41.3. The summed E-state index contributed by atoms with van der Waals surface area (Å²) in [6.07, 6.45) is 35.5. The van der Waals surface area contributed by atoms with Gasteiger partial charge in [-0.2, -0.15) is 0 Å². The van der Waals surface area contributed by atoms with Crippen LogP contribution in [0.1, 0.15) is 168 Å². The zero-order valence-electron chi connectivity index (χ0n) is 50.8. The number of aliphatic hydroxyl groups is 11. The third-order valence-electron chi connectivity index (χ3n) is 15.1. The molecule has 0 bridgehead atoms. The van der Waals surface area contributed by atoms with Crippen LogP contribution in [-0.4, -0.2) is 193 Å². The lowest BCUT2D eigenvalue weighted by molar-refractivity contribution is -0.379. The molecule has 0 spiro atoms. The molecule has 3 heterocycles. The molecule has 3 aliphatic heterocycles. The molecule has 0 aliphatic carbocycles. The lowest BCUT2D eigenvalue weighted by Crippen LogP contribution is -2.66. The summed E-state index contributed by atoms with van der Waals surface area (Å²) < 4.78 is 34.1. The van der Waals surface area contributed by atoms with Crippen molar-refractivity contribution in [3.63, 3.8) is 0 Å². The monoisotopic (exact) mass is 1200 g/mol. The first-order valence-corrected chi connectivity index (χ1v) is 31.6. The molecule has 0 aromatic heterocycles. The number of hydrogen-bond donors (Lipinski definition) is 12. The fraction of sp³-hybridized carbons (Fsp3) is 0.712. The Labute approximate surface area is 506 Å². The highest BCUT2D eigenvalue weighted by atomic mass is 16.8. The number of hydrogen-bond acceptors (Lipinski definition) is 18. The van der Waals surface area contributed by atoms with Gasteiger partial charge in [0.15, 0.2) is 18.9 Å². The standard InChI is InChI=1S/C66H109NO18/c1-3-5-7-9-11-13-14-15-16-17-18-19-20-21-22-23-24-25-26-27-28-29-30-31-32-33-34-36-38-40-42-44-54(72)67-49(50(71)43-41-39-37-35-12-10-8-6-4-2)48-80-64-60(78)57(75)62(52(46-69)82-64)85-66-61(79)58(76)63(53(47-70)83-66)84-65-59(77)56(74)55(73)51(45-68)81-65/h4-7,11-13,15-16,18-19,21-22,24-25,35,41,43,49-53,55-66,68-71,73-79H,3,8-10,14,17,20,23,26-34,36-40,42,44-48H2,1-2H3,(H,67,72)/b6-4+,7-5-,13-11-,16-15-,19-18-,22-21-,25-24-,35-12+,43-41+. The molecule has 3 fully saturated rings. The average Bonchev–Trinajstić information content (AvgIpc) is 3.55. The van der Waals surface area contributed by atoms with Crippen LogP contribution in [-0.2, 0) is 33.2 Å². The fourth-order valence-electron chi connectivity index (χ4n) is 10.00. The lowest BCUT2D eigenvalue weighted by Gasteiger charge is -2.48. The van der Waals surface area contributed by atoms with E-state index in [-0.39, 0.29) is 18.9 Å². The second-order valence-corrected chi connectivity index (χ2v) is 22.1. The van der Waals surface area contributed by atoms with Gasteiger partial charge in [0.1, 0.15) is 73.2 Å². The van der Waals surface area contributed by atoms with Crippen molar-refractivity contribution in [2.45, 2.75) is 272 Å². The van der Waals surface area contributed by atoms with Crippen LogP contribution in [0.4, 0.5) is 0 Å². The van der Waals surface area contributed by atoms with Crippen LogP contribution in [0, 0.1) is 0 Å². The summed E-state index contributed by atoms with van der Waals surface area (Å²) in [6.45, 7) is 1.31. The van der Waals surface area contributed by atoms with Gasteiger partial charge in [-0.25, -0.2) is 0 Å². The molecular formula is C66H109NO18. The van der Waals surface area contributed by atoms with Gasteiger partial charge in [-0.3, -0.25) is 4.79 Å². The second kappa shape index (κ2) is 47.5. The first kappa shape index (κ1) is 75.7. The third-order valence-corrected chi connectivity index (χ3v) is 15.1. The van der Waals surface area contributed by atoms with E-state index in [1.54, 1.807) is 12.2 Å². The minimum atomic E-state index is -1.99. The predicted molar refractivity (Wildman–Crippen MR) is 327 cm³/mol. The fourth-order valence-corrected chi connectivity index (χ4v) is 10.00. The molecule has 85 heavy (non-hydrogen) atoms. The van der Waals surface area contributed by atoms with Crippen LogP contribution in [0.2, 0.25) is 0 Å². The number of amides is 1. The number of carbonyl (C=O) groups is 1. The van der Waals surface area contributed by atoms with Gasteiger partial charge >= 0.3 is 0 Å². The third kappa shape index (κ3) is 30.5. The average molecular weight is 1200 g/mol. The van der Waals surface area contributed by atoms with Gasteiger partial charge in [0.05, 0.1) is 38.6 Å². The van der Waals surface area contributed by atoms with E-state index < -0.39 is 124 Å². The van der Waals surface area contributed by atoms with Crippen molar-refractivity contribution in [1.29, 1.82) is 0 Å². The van der Waals surface area contributed by atoms with E-state index in [0.717, 1.165) is 89.9 Å². The van der Waals surface area contributed by atoms with E-state index in [2.05, 4.69) is 103 Å². The molecule has 0 aromatic carbocycles. The maximum Gasteiger partial charge on any atom is 0.220 e. The molecule has 19 heteroatoms. The predicted octanol–water partition coefficient (Wildman–Crippen LogP) is 6.71. The highest BCUT2D eigenvalue weighted by Crippen LogP contribution is 2.33. The van der Waals surface area contributed by atoms with Gasteiger partial charge in [0.25, 0.3) is 0 Å². The molecule has 3 rings (SSSR count). The number of rotatable bonds is 45. The van der Waals surface area contributed by atoms with E-state index in [9.17, 15) is 61.0 Å². The molecule has 17 atom stereocenters. The molecule has 3 saturated heterocycles. The Bertz CT molecular complexity index is 1970. The molecule has 486 valence electrons. The van der Waals surface area contributed by atoms with E-state index in [1.807, 2.05) is 13.0 Å². The number of nitrogens with one attached hydrogen (secondary N) is 1. The lowest BCUT2D eigenvalue weighted by atomic mass is 9.96. The van der Waals surface area contributed by atoms with Crippen LogP contribution in [0.3, 0.4) is 0 Å². The summed E-state index contributed by atoms with van der Waals surface area (Å²) in [7, 11) is 0. The summed E-state index contributed by atoms with van der Waals surface area (Å²) in [5.74, 6) is -0.301. The minimum Gasteiger partial charge on any atom is -0.394 e.